The molecule has 4 atom stereocenters. The first kappa shape index (κ1) is 8.93. The summed E-state index contributed by atoms with van der Waals surface area (Å²) in [7, 11) is 0. The maximum absolute atomic E-state index is 10.9. The fourth-order valence-electron chi connectivity index (χ4n) is 1.98. The number of hydrogen-bond donors (Lipinski definition) is 3. The summed E-state index contributed by atoms with van der Waals surface area (Å²) in [5.41, 5.74) is 0. The molecule has 2 aliphatic rings. The highest BCUT2D eigenvalue weighted by Crippen LogP contribution is 2.25. The van der Waals surface area contributed by atoms with Gasteiger partial charge in [0, 0.05) is 12.5 Å². The summed E-state index contributed by atoms with van der Waals surface area (Å²) in [5, 5.41) is 21.5. The molecule has 2 fully saturated rings. The fourth-order valence-corrected chi connectivity index (χ4v) is 1.98. The van der Waals surface area contributed by atoms with Crippen LogP contribution in [0.1, 0.15) is 12.8 Å². The lowest BCUT2D eigenvalue weighted by Crippen LogP contribution is -2.41. The van der Waals surface area contributed by atoms with Crippen LogP contribution in [0.5, 0.6) is 0 Å². The summed E-state index contributed by atoms with van der Waals surface area (Å²) in [6.45, 7) is -0.133. The number of hydrogen-bond acceptors (Lipinski definition) is 5. The van der Waals surface area contributed by atoms with Crippen molar-refractivity contribution in [2.75, 3.05) is 6.61 Å². The number of carbonyl (C=O) groups excluding carboxylic acids is 1. The number of esters is 1. The molecule has 5 nitrogen and oxygen atoms in total. The van der Waals surface area contributed by atoms with Crippen molar-refractivity contribution in [3.05, 3.63) is 0 Å². The Labute approximate surface area is 75.7 Å². The maximum atomic E-state index is 10.9. The van der Waals surface area contributed by atoms with Gasteiger partial charge < -0.3 is 20.3 Å². The highest BCUT2D eigenvalue weighted by atomic mass is 16.6. The van der Waals surface area contributed by atoms with Gasteiger partial charge in [-0.2, -0.15) is 0 Å². The molecule has 3 N–H and O–H groups in total. The second-order valence-corrected chi connectivity index (χ2v) is 3.55. The van der Waals surface area contributed by atoms with Crippen LogP contribution < -0.4 is 5.32 Å². The van der Waals surface area contributed by atoms with E-state index in [-0.39, 0.29) is 24.7 Å². The van der Waals surface area contributed by atoms with Crippen molar-refractivity contribution in [1.82, 2.24) is 5.32 Å². The second-order valence-electron chi connectivity index (χ2n) is 3.55. The molecule has 74 valence electrons. The molecule has 2 rings (SSSR count). The van der Waals surface area contributed by atoms with E-state index in [9.17, 15) is 9.90 Å². The summed E-state index contributed by atoms with van der Waals surface area (Å²) in [5.74, 6) is -0.263. The number of aliphatic hydroxyl groups is 2. The topological polar surface area (TPSA) is 78.8 Å². The quantitative estimate of drug-likeness (QED) is 0.430. The van der Waals surface area contributed by atoms with Crippen LogP contribution >= 0.6 is 0 Å². The molecule has 0 aliphatic carbocycles. The monoisotopic (exact) mass is 187 g/mol. The first-order valence-corrected chi connectivity index (χ1v) is 4.47. The van der Waals surface area contributed by atoms with Crippen molar-refractivity contribution in [3.8, 4) is 0 Å². The van der Waals surface area contributed by atoms with Gasteiger partial charge in [-0.1, -0.05) is 0 Å². The Bertz CT molecular complexity index is 218. The Hall–Kier alpha value is -0.650. The third kappa shape index (κ3) is 1.43. The highest BCUT2D eigenvalue weighted by molar-refractivity contribution is 5.70. The molecule has 0 bridgehead atoms. The third-order valence-corrected chi connectivity index (χ3v) is 2.70. The molecule has 13 heavy (non-hydrogen) atoms. The molecule has 2 aliphatic heterocycles. The van der Waals surface area contributed by atoms with Crippen molar-refractivity contribution in [1.29, 1.82) is 0 Å². The van der Waals surface area contributed by atoms with Crippen LogP contribution in [0.15, 0.2) is 0 Å². The smallest absolute Gasteiger partial charge is 0.306 e. The van der Waals surface area contributed by atoms with Gasteiger partial charge in [0.25, 0.3) is 0 Å². The number of aliphatic hydroxyl groups excluding tert-OH is 2. The van der Waals surface area contributed by atoms with E-state index in [1.807, 2.05) is 0 Å². The number of carbonyl (C=O) groups is 1. The third-order valence-electron chi connectivity index (χ3n) is 2.70. The summed E-state index contributed by atoms with van der Waals surface area (Å²) in [4.78, 5) is 10.9. The van der Waals surface area contributed by atoms with Crippen LogP contribution in [0.2, 0.25) is 0 Å². The summed E-state index contributed by atoms with van der Waals surface area (Å²) < 4.78 is 4.99. The van der Waals surface area contributed by atoms with Crippen LogP contribution in [0.4, 0.5) is 0 Å². The van der Waals surface area contributed by atoms with Crippen LogP contribution in [0.3, 0.4) is 0 Å². The molecule has 2 heterocycles. The summed E-state index contributed by atoms with van der Waals surface area (Å²) in [6.07, 6.45) is -0.187. The molecule has 0 aromatic heterocycles. The van der Waals surface area contributed by atoms with Gasteiger partial charge in [-0.3, -0.25) is 4.79 Å². The van der Waals surface area contributed by atoms with Gasteiger partial charge >= 0.3 is 5.97 Å². The minimum atomic E-state index is -0.778. The average Bonchev–Trinajstić information content (AvgIpc) is 2.44. The maximum Gasteiger partial charge on any atom is 0.306 e. The van der Waals surface area contributed by atoms with Gasteiger partial charge in [-0.25, -0.2) is 0 Å². The van der Waals surface area contributed by atoms with E-state index in [2.05, 4.69) is 5.32 Å². The standard InChI is InChI=1S/C8H13NO4/c10-3-5-7(12)8-4(9-5)1-2-6(11)13-8/h4-5,7-10,12H,1-3H2/t4-,5+,7-,8+/m0/s1. The van der Waals surface area contributed by atoms with Crippen molar-refractivity contribution in [2.45, 2.75) is 37.1 Å². The molecule has 0 spiro atoms. The van der Waals surface area contributed by atoms with Crippen molar-refractivity contribution in [3.63, 3.8) is 0 Å². The lowest BCUT2D eigenvalue weighted by molar-refractivity contribution is -0.159. The molecule has 0 aromatic rings. The summed E-state index contributed by atoms with van der Waals surface area (Å²) in [6, 6.07) is -0.356. The van der Waals surface area contributed by atoms with Crippen molar-refractivity contribution >= 4 is 5.97 Å². The first-order valence-electron chi connectivity index (χ1n) is 4.47. The van der Waals surface area contributed by atoms with Crippen LogP contribution in [-0.4, -0.2) is 47.1 Å². The molecular weight excluding hydrogens is 174 g/mol. The van der Waals surface area contributed by atoms with E-state index in [1.165, 1.54) is 0 Å². The van der Waals surface area contributed by atoms with E-state index >= 15 is 0 Å². The van der Waals surface area contributed by atoms with E-state index in [0.717, 1.165) is 0 Å². The number of ether oxygens (including phenoxy) is 1. The van der Waals surface area contributed by atoms with Gasteiger partial charge in [0.05, 0.1) is 12.6 Å². The predicted octanol–water partition coefficient (Wildman–Crippen LogP) is -1.61. The van der Waals surface area contributed by atoms with E-state index in [1.54, 1.807) is 0 Å². The minimum absolute atomic E-state index is 0.00449. The lowest BCUT2D eigenvalue weighted by Gasteiger charge is -2.26. The highest BCUT2D eigenvalue weighted by Gasteiger charge is 2.46. The van der Waals surface area contributed by atoms with E-state index < -0.39 is 12.2 Å². The largest absolute Gasteiger partial charge is 0.458 e. The van der Waals surface area contributed by atoms with Crippen LogP contribution in [0, 0.1) is 0 Å². The molecule has 0 aromatic carbocycles. The van der Waals surface area contributed by atoms with Gasteiger partial charge in [0.15, 0.2) is 0 Å². The Balaban J connectivity index is 2.07. The molecule has 0 radical (unpaired) electrons. The number of fused-ring (bicyclic) bond motifs is 1. The van der Waals surface area contributed by atoms with Crippen molar-refractivity contribution < 1.29 is 19.7 Å². The minimum Gasteiger partial charge on any atom is -0.458 e. The fraction of sp³-hybridized carbons (Fsp3) is 0.875. The molecule has 5 heteroatoms. The van der Waals surface area contributed by atoms with Gasteiger partial charge in [0.2, 0.25) is 0 Å². The zero-order valence-corrected chi connectivity index (χ0v) is 7.14. The second kappa shape index (κ2) is 3.25. The molecule has 2 saturated heterocycles. The zero-order valence-electron chi connectivity index (χ0n) is 7.14. The Kier molecular flexibility index (Phi) is 2.23. The average molecular weight is 187 g/mol. The van der Waals surface area contributed by atoms with Crippen molar-refractivity contribution in [2.24, 2.45) is 0 Å². The predicted molar refractivity (Wildman–Crippen MR) is 42.9 cm³/mol. The van der Waals surface area contributed by atoms with Crippen LogP contribution in [0.25, 0.3) is 0 Å². The van der Waals surface area contributed by atoms with Gasteiger partial charge in [0.1, 0.15) is 12.2 Å². The number of rotatable bonds is 1. The molecular formula is C8H13NO4. The van der Waals surface area contributed by atoms with Gasteiger partial charge in [-0.05, 0) is 6.42 Å². The molecule has 0 unspecified atom stereocenters. The first-order chi connectivity index (χ1) is 6.22. The zero-order chi connectivity index (χ0) is 9.42. The Morgan fingerprint density at radius 3 is 3.08 bits per heavy atom. The normalized spacial score (nSPS) is 44.3. The molecule has 0 saturated carbocycles. The Morgan fingerprint density at radius 2 is 2.38 bits per heavy atom. The van der Waals surface area contributed by atoms with E-state index in [0.29, 0.717) is 12.8 Å². The number of nitrogens with one attached hydrogen (secondary N) is 1. The SMILES string of the molecule is O=C1CC[C@@H]2N[C@H](CO)[C@H](O)[C@@H]2O1. The Morgan fingerprint density at radius 1 is 1.62 bits per heavy atom. The van der Waals surface area contributed by atoms with Gasteiger partial charge in [-0.15, -0.1) is 0 Å². The summed E-state index contributed by atoms with van der Waals surface area (Å²) >= 11 is 0. The van der Waals surface area contributed by atoms with E-state index in [4.69, 9.17) is 9.84 Å². The van der Waals surface area contributed by atoms with Crippen LogP contribution in [-0.2, 0) is 9.53 Å². The lowest BCUT2D eigenvalue weighted by atomic mass is 10.0. The molecule has 0 amide bonds.